The zero-order chi connectivity index (χ0) is 37.6. The number of carbonyl (C=O) groups excluding carboxylic acids is 2. The van der Waals surface area contributed by atoms with Crippen molar-refractivity contribution in [2.75, 3.05) is 7.05 Å². The predicted molar refractivity (Wildman–Crippen MR) is 205 cm³/mol. The zero-order valence-corrected chi connectivity index (χ0v) is 30.7. The summed E-state index contributed by atoms with van der Waals surface area (Å²) in [5.41, 5.74) is 2.46. The summed E-state index contributed by atoms with van der Waals surface area (Å²) >= 11 is 1.21. The van der Waals surface area contributed by atoms with Crippen LogP contribution >= 0.6 is 11.3 Å². The van der Waals surface area contributed by atoms with E-state index < -0.39 is 29.4 Å². The van der Waals surface area contributed by atoms with Gasteiger partial charge in [0.25, 0.3) is 5.56 Å². The van der Waals surface area contributed by atoms with Crippen LogP contribution in [-0.2, 0) is 42.1 Å². The minimum absolute atomic E-state index is 0.0865. The number of hydrogen-bond donors (Lipinski definition) is 0. The van der Waals surface area contributed by atoms with Crippen molar-refractivity contribution >= 4 is 33.1 Å². The van der Waals surface area contributed by atoms with Gasteiger partial charge in [-0.2, -0.15) is 0 Å². The molecule has 0 aliphatic rings. The van der Waals surface area contributed by atoms with E-state index in [2.05, 4.69) is 4.98 Å². The highest BCUT2D eigenvalue weighted by Gasteiger charge is 2.26. The summed E-state index contributed by atoms with van der Waals surface area (Å²) < 4.78 is 32.6. The topological polar surface area (TPSA) is 94.3 Å². The Morgan fingerprint density at radius 1 is 0.792 bits per heavy atom. The second kappa shape index (κ2) is 16.5. The number of benzene rings is 3. The average molecular weight is 735 g/mol. The molecule has 3 aromatic heterocycles. The molecule has 3 heterocycles. The molecule has 0 fully saturated rings. The summed E-state index contributed by atoms with van der Waals surface area (Å²) in [6, 6.07) is 23.4. The second-order valence-electron chi connectivity index (χ2n) is 13.2. The number of rotatable bonds is 15. The van der Waals surface area contributed by atoms with Crippen LogP contribution < -0.4 is 11.2 Å². The van der Waals surface area contributed by atoms with Crippen LogP contribution in [0.3, 0.4) is 0 Å². The predicted octanol–water partition coefficient (Wildman–Crippen LogP) is 7.67. The Kier molecular flexibility index (Phi) is 11.6. The molecule has 0 radical (unpaired) electrons. The van der Waals surface area contributed by atoms with E-state index in [0.29, 0.717) is 36.2 Å². The van der Waals surface area contributed by atoms with Gasteiger partial charge in [0.15, 0.2) is 0 Å². The molecule has 0 N–H and O–H groups in total. The van der Waals surface area contributed by atoms with Gasteiger partial charge in [-0.05, 0) is 72.1 Å². The first-order chi connectivity index (χ1) is 25.6. The molecule has 6 rings (SSSR count). The lowest BCUT2D eigenvalue weighted by Crippen LogP contribution is -2.39. The van der Waals surface area contributed by atoms with E-state index in [1.807, 2.05) is 68.3 Å². The Morgan fingerprint density at radius 3 is 2.08 bits per heavy atom. The molecular formula is C42H40F2N4O4S. The number of hydrogen-bond acceptors (Lipinski definition) is 7. The van der Waals surface area contributed by atoms with E-state index in [1.54, 1.807) is 30.5 Å². The SMILES string of the molecule is CCCC(=O)Cc1ccc(-n2c(=O)c3c(CN(C)Cc4ccccn4)c(-c4ccc(CC(=O)CC)cc4)sc3n(Cc3c(F)cccc3F)c2=O)cc1. The molecule has 3 aromatic carbocycles. The maximum Gasteiger partial charge on any atom is 0.337 e. The van der Waals surface area contributed by atoms with Crippen LogP contribution in [0.15, 0.2) is 101 Å². The summed E-state index contributed by atoms with van der Waals surface area (Å²) in [5, 5.41) is 0.252. The molecule has 0 bridgehead atoms. The number of aromatic nitrogens is 3. The van der Waals surface area contributed by atoms with E-state index in [9.17, 15) is 19.2 Å². The van der Waals surface area contributed by atoms with E-state index in [-0.39, 0.29) is 46.0 Å². The van der Waals surface area contributed by atoms with Crippen LogP contribution in [0.4, 0.5) is 8.78 Å². The fourth-order valence-electron chi connectivity index (χ4n) is 6.44. The van der Waals surface area contributed by atoms with Gasteiger partial charge in [-0.1, -0.05) is 62.4 Å². The van der Waals surface area contributed by atoms with Crippen LogP contribution in [0.2, 0.25) is 0 Å². The third kappa shape index (κ3) is 8.32. The molecule has 272 valence electrons. The zero-order valence-electron chi connectivity index (χ0n) is 29.9. The number of ketones is 2. The van der Waals surface area contributed by atoms with Crippen LogP contribution in [0.5, 0.6) is 0 Å². The molecular weight excluding hydrogens is 695 g/mol. The fraction of sp³-hybridized carbons (Fsp3) is 0.262. The highest BCUT2D eigenvalue weighted by atomic mass is 32.1. The third-order valence-corrected chi connectivity index (χ3v) is 10.5. The smallest absolute Gasteiger partial charge is 0.299 e. The number of pyridine rings is 1. The molecule has 0 saturated carbocycles. The van der Waals surface area contributed by atoms with Gasteiger partial charge in [0.05, 0.1) is 23.3 Å². The molecule has 0 atom stereocenters. The molecule has 8 nitrogen and oxygen atoms in total. The Hall–Kier alpha value is -5.39. The Balaban J connectivity index is 1.58. The molecule has 6 aromatic rings. The number of thiophene rings is 1. The van der Waals surface area contributed by atoms with Gasteiger partial charge in [0.2, 0.25) is 0 Å². The van der Waals surface area contributed by atoms with E-state index in [4.69, 9.17) is 0 Å². The van der Waals surface area contributed by atoms with Crippen molar-refractivity contribution in [2.24, 2.45) is 0 Å². The van der Waals surface area contributed by atoms with Crippen molar-refractivity contribution < 1.29 is 18.4 Å². The standard InChI is InChI=1S/C42H40F2N4O4S/c1-4-9-33(50)23-28-15-19-31(20-16-28)48-40(51)38-35(25-46(3)24-30-10-6-7-21-45-30)39(29-17-13-27(14-18-29)22-32(49)5-2)53-41(38)47(42(48)52)26-34-36(43)11-8-12-37(34)44/h6-8,10-21H,4-5,9,22-26H2,1-3H3. The Bertz CT molecular complexity index is 2360. The number of carbonyl (C=O) groups is 2. The lowest BCUT2D eigenvalue weighted by molar-refractivity contribution is -0.119. The first-order valence-corrected chi connectivity index (χ1v) is 18.4. The van der Waals surface area contributed by atoms with Gasteiger partial charge in [-0.15, -0.1) is 11.3 Å². The summed E-state index contributed by atoms with van der Waals surface area (Å²) in [6.45, 7) is 4.04. The van der Waals surface area contributed by atoms with Crippen molar-refractivity contribution in [3.63, 3.8) is 0 Å². The van der Waals surface area contributed by atoms with Gasteiger partial charge >= 0.3 is 5.69 Å². The lowest BCUT2D eigenvalue weighted by Gasteiger charge is -2.18. The molecule has 11 heteroatoms. The van der Waals surface area contributed by atoms with Crippen LogP contribution in [0.25, 0.3) is 26.3 Å². The average Bonchev–Trinajstić information content (AvgIpc) is 3.51. The van der Waals surface area contributed by atoms with Gasteiger partial charge in [-0.3, -0.25) is 28.8 Å². The highest BCUT2D eigenvalue weighted by molar-refractivity contribution is 7.22. The Morgan fingerprint density at radius 2 is 1.45 bits per heavy atom. The number of halogens is 2. The third-order valence-electron chi connectivity index (χ3n) is 9.17. The van der Waals surface area contributed by atoms with Crippen molar-refractivity contribution in [1.82, 2.24) is 19.0 Å². The van der Waals surface area contributed by atoms with E-state index in [0.717, 1.165) is 45.5 Å². The van der Waals surface area contributed by atoms with Crippen molar-refractivity contribution in [3.8, 4) is 16.1 Å². The largest absolute Gasteiger partial charge is 0.337 e. The monoisotopic (exact) mass is 734 g/mol. The molecule has 53 heavy (non-hydrogen) atoms. The van der Waals surface area contributed by atoms with Crippen LogP contribution in [0.1, 0.15) is 61.1 Å². The highest BCUT2D eigenvalue weighted by Crippen LogP contribution is 2.38. The summed E-state index contributed by atoms with van der Waals surface area (Å²) in [7, 11) is 1.91. The van der Waals surface area contributed by atoms with Crippen LogP contribution in [0, 0.1) is 11.6 Å². The molecule has 0 saturated heterocycles. The minimum Gasteiger partial charge on any atom is -0.299 e. The van der Waals surface area contributed by atoms with Gasteiger partial charge in [0.1, 0.15) is 28.0 Å². The first kappa shape index (κ1) is 37.4. The lowest BCUT2D eigenvalue weighted by atomic mass is 10.0. The molecule has 0 aliphatic heterocycles. The van der Waals surface area contributed by atoms with E-state index in [1.165, 1.54) is 22.0 Å². The maximum atomic E-state index is 15.2. The molecule has 0 aliphatic carbocycles. The van der Waals surface area contributed by atoms with Crippen LogP contribution in [-0.4, -0.2) is 37.6 Å². The summed E-state index contributed by atoms with van der Waals surface area (Å²) in [6.07, 6.45) is 3.85. The maximum absolute atomic E-state index is 15.2. The molecule has 0 spiro atoms. The fourth-order valence-corrected chi connectivity index (χ4v) is 7.74. The van der Waals surface area contributed by atoms with Crippen molar-refractivity contribution in [1.29, 1.82) is 0 Å². The van der Waals surface area contributed by atoms with Gasteiger partial charge in [-0.25, -0.2) is 18.1 Å². The molecule has 0 unspecified atom stereocenters. The first-order valence-electron chi connectivity index (χ1n) is 17.6. The summed E-state index contributed by atoms with van der Waals surface area (Å²) in [5.74, 6) is -1.42. The van der Waals surface area contributed by atoms with Crippen molar-refractivity contribution in [2.45, 2.75) is 65.6 Å². The number of Topliss-reactive ketones (excluding diaryl/α,β-unsaturated/α-hetero) is 2. The quantitative estimate of drug-likeness (QED) is 0.108. The number of fused-ring (bicyclic) bond motifs is 1. The Labute approximate surface area is 310 Å². The molecule has 0 amide bonds. The second-order valence-corrected chi connectivity index (χ2v) is 14.2. The van der Waals surface area contributed by atoms with E-state index >= 15 is 8.78 Å². The number of nitrogens with zero attached hydrogens (tertiary/aromatic N) is 4. The normalized spacial score (nSPS) is 11.4. The van der Waals surface area contributed by atoms with Crippen molar-refractivity contribution in [3.05, 3.63) is 152 Å². The minimum atomic E-state index is -0.812. The van der Waals surface area contributed by atoms with Gasteiger partial charge < -0.3 is 0 Å². The van der Waals surface area contributed by atoms with Gasteiger partial charge in [0, 0.05) is 55.4 Å². The summed E-state index contributed by atoms with van der Waals surface area (Å²) in [4.78, 5) is 61.2.